The van der Waals surface area contributed by atoms with E-state index < -0.39 is 29.9 Å². The van der Waals surface area contributed by atoms with Gasteiger partial charge in [-0.1, -0.05) is 75.4 Å². The van der Waals surface area contributed by atoms with Gasteiger partial charge in [-0.25, -0.2) is 4.79 Å². The maximum absolute atomic E-state index is 12.4. The predicted molar refractivity (Wildman–Crippen MR) is 131 cm³/mol. The van der Waals surface area contributed by atoms with E-state index >= 15 is 0 Å². The summed E-state index contributed by atoms with van der Waals surface area (Å²) in [4.78, 5) is 47.3. The Hall–Kier alpha value is -3.88. The lowest BCUT2D eigenvalue weighted by atomic mass is 9.99. The van der Waals surface area contributed by atoms with Crippen molar-refractivity contribution in [3.63, 3.8) is 0 Å². The van der Waals surface area contributed by atoms with Gasteiger partial charge in [-0.2, -0.15) is 0 Å². The zero-order chi connectivity index (χ0) is 25.8. The molecule has 1 unspecified atom stereocenters. The second kappa shape index (κ2) is 13.1. The van der Waals surface area contributed by atoms with Crippen molar-refractivity contribution in [2.45, 2.75) is 39.7 Å². The molecule has 2 rings (SSSR count). The molecule has 0 radical (unpaired) electrons. The Balaban J connectivity index is 1.82. The molecule has 0 saturated heterocycles. The molecule has 0 aliphatic rings. The van der Waals surface area contributed by atoms with Crippen LogP contribution < -0.4 is 16.0 Å². The Kier molecular flexibility index (Phi) is 10.3. The van der Waals surface area contributed by atoms with Gasteiger partial charge in [0.15, 0.2) is 0 Å². The summed E-state index contributed by atoms with van der Waals surface area (Å²) >= 11 is 0. The van der Waals surface area contributed by atoms with Gasteiger partial charge in [0.25, 0.3) is 0 Å². The molecule has 0 saturated carbocycles. The fraction of sp³-hybridized carbons (Fsp3) is 0.385. The van der Waals surface area contributed by atoms with Gasteiger partial charge in [0.1, 0.15) is 0 Å². The van der Waals surface area contributed by atoms with Gasteiger partial charge in [0, 0.05) is 13.0 Å². The third-order valence-electron chi connectivity index (χ3n) is 4.84. The summed E-state index contributed by atoms with van der Waals surface area (Å²) in [6.07, 6.45) is -0.942. The number of benzene rings is 2. The third-order valence-corrected chi connectivity index (χ3v) is 4.84. The second-order valence-corrected chi connectivity index (χ2v) is 9.30. The van der Waals surface area contributed by atoms with Gasteiger partial charge in [-0.3, -0.25) is 14.4 Å². The van der Waals surface area contributed by atoms with Gasteiger partial charge in [-0.15, -0.1) is 0 Å². The van der Waals surface area contributed by atoms with E-state index in [4.69, 9.17) is 4.74 Å². The highest BCUT2D eigenvalue weighted by Gasteiger charge is 2.19. The highest BCUT2D eigenvalue weighted by atomic mass is 16.5. The number of carbonyl (C=O) groups excluding carboxylic acids is 3. The quantitative estimate of drug-likeness (QED) is 0.388. The first kappa shape index (κ1) is 27.4. The van der Waals surface area contributed by atoms with Crippen molar-refractivity contribution in [2.24, 2.45) is 5.41 Å². The largest absolute Gasteiger partial charge is 0.481 e. The predicted octanol–water partition coefficient (Wildman–Crippen LogP) is 3.26. The van der Waals surface area contributed by atoms with Crippen LogP contribution >= 0.6 is 0 Å². The molecule has 0 aromatic heterocycles. The van der Waals surface area contributed by atoms with Crippen LogP contribution in [0.3, 0.4) is 0 Å². The number of carbonyl (C=O) groups is 4. The van der Waals surface area contributed by atoms with Crippen molar-refractivity contribution >= 4 is 23.9 Å². The summed E-state index contributed by atoms with van der Waals surface area (Å²) < 4.78 is 5.04. The third kappa shape index (κ3) is 10.7. The lowest BCUT2D eigenvalue weighted by Gasteiger charge is -2.18. The van der Waals surface area contributed by atoms with Gasteiger partial charge in [-0.05, 0) is 22.1 Å². The number of hydrogen-bond donors (Lipinski definition) is 4. The average molecular weight is 484 g/mol. The molecule has 0 aliphatic heterocycles. The first-order valence-electron chi connectivity index (χ1n) is 11.4. The number of carboxylic acids is 1. The summed E-state index contributed by atoms with van der Waals surface area (Å²) in [6, 6.07) is 16.3. The Morgan fingerprint density at radius 1 is 0.886 bits per heavy atom. The fourth-order valence-electron chi connectivity index (χ4n) is 3.09. The van der Waals surface area contributed by atoms with E-state index in [1.165, 1.54) is 0 Å². The van der Waals surface area contributed by atoms with Gasteiger partial charge in [0.2, 0.25) is 11.8 Å². The first-order valence-corrected chi connectivity index (χ1v) is 11.4. The fourth-order valence-corrected chi connectivity index (χ4v) is 3.09. The molecule has 0 heterocycles. The van der Waals surface area contributed by atoms with Crippen LogP contribution in [0.4, 0.5) is 4.79 Å². The van der Waals surface area contributed by atoms with Crippen molar-refractivity contribution in [1.82, 2.24) is 16.0 Å². The number of nitrogens with one attached hydrogen (secondary N) is 3. The molecule has 0 fully saturated rings. The van der Waals surface area contributed by atoms with Crippen molar-refractivity contribution in [3.05, 3.63) is 60.2 Å². The molecule has 0 aliphatic carbocycles. The summed E-state index contributed by atoms with van der Waals surface area (Å²) in [6.45, 7) is 5.79. The normalized spacial score (nSPS) is 11.7. The highest BCUT2D eigenvalue weighted by Crippen LogP contribution is 2.23. The van der Waals surface area contributed by atoms with Crippen LogP contribution in [-0.4, -0.2) is 48.7 Å². The summed E-state index contributed by atoms with van der Waals surface area (Å²) in [7, 11) is 0. The minimum absolute atomic E-state index is 0.0304. The number of aliphatic carboxylic acids is 1. The van der Waals surface area contributed by atoms with Gasteiger partial charge in [0.05, 0.1) is 25.6 Å². The number of ether oxygens (including phenoxy) is 1. The molecule has 0 spiro atoms. The molecule has 4 N–H and O–H groups in total. The zero-order valence-corrected chi connectivity index (χ0v) is 20.3. The summed E-state index contributed by atoms with van der Waals surface area (Å²) in [5.74, 6) is -2.01. The molecule has 2 aromatic carbocycles. The lowest BCUT2D eigenvalue weighted by Crippen LogP contribution is -2.40. The summed E-state index contributed by atoms with van der Waals surface area (Å²) in [5.41, 5.74) is 2.48. The zero-order valence-electron chi connectivity index (χ0n) is 20.3. The standard InChI is InChI=1S/C26H33N3O6/c1-26(2,3)17-35-25(34)27-14-13-22(30)28-16-23(31)29-21(15-24(32)33)20-11-9-19(10-12-20)18-7-5-4-6-8-18/h4-12,21H,13-17H2,1-3H3,(H,27,34)(H,28,30)(H,29,31)(H,32,33). The molecule has 9 heteroatoms. The Morgan fingerprint density at radius 2 is 1.51 bits per heavy atom. The average Bonchev–Trinajstić information content (AvgIpc) is 2.81. The van der Waals surface area contributed by atoms with Crippen LogP contribution in [0.5, 0.6) is 0 Å². The van der Waals surface area contributed by atoms with Crippen LogP contribution in [-0.2, 0) is 19.1 Å². The second-order valence-electron chi connectivity index (χ2n) is 9.30. The molecular weight excluding hydrogens is 450 g/mol. The molecule has 35 heavy (non-hydrogen) atoms. The maximum atomic E-state index is 12.4. The van der Waals surface area contributed by atoms with Crippen molar-refractivity contribution in [3.8, 4) is 11.1 Å². The number of carboxylic acid groups (broad SMARTS) is 1. The molecule has 2 aromatic rings. The highest BCUT2D eigenvalue weighted by molar-refractivity contribution is 5.85. The summed E-state index contributed by atoms with van der Waals surface area (Å²) in [5, 5.41) is 16.9. The van der Waals surface area contributed by atoms with E-state index in [1.54, 1.807) is 12.1 Å². The van der Waals surface area contributed by atoms with Crippen molar-refractivity contribution < 1.29 is 29.0 Å². The molecule has 1 atom stereocenters. The van der Waals surface area contributed by atoms with Crippen LogP contribution in [0.2, 0.25) is 0 Å². The Bertz CT molecular complexity index is 1000. The van der Waals surface area contributed by atoms with Crippen LogP contribution in [0, 0.1) is 5.41 Å². The van der Waals surface area contributed by atoms with E-state index in [1.807, 2.05) is 63.2 Å². The Morgan fingerprint density at radius 3 is 2.11 bits per heavy atom. The number of amides is 3. The van der Waals surface area contributed by atoms with Crippen LogP contribution in [0.1, 0.15) is 45.2 Å². The SMILES string of the molecule is CC(C)(C)COC(=O)NCCC(=O)NCC(=O)NC(CC(=O)O)c1ccc(-c2ccccc2)cc1. The van der Waals surface area contributed by atoms with E-state index in [2.05, 4.69) is 16.0 Å². The maximum Gasteiger partial charge on any atom is 0.407 e. The number of hydrogen-bond acceptors (Lipinski definition) is 5. The number of rotatable bonds is 11. The molecule has 188 valence electrons. The molecule has 0 bridgehead atoms. The minimum Gasteiger partial charge on any atom is -0.481 e. The Labute approximate surface area is 205 Å². The monoisotopic (exact) mass is 483 g/mol. The van der Waals surface area contributed by atoms with E-state index in [9.17, 15) is 24.3 Å². The lowest BCUT2D eigenvalue weighted by molar-refractivity contribution is -0.138. The van der Waals surface area contributed by atoms with E-state index in [0.717, 1.165) is 11.1 Å². The molecular formula is C26H33N3O6. The minimum atomic E-state index is -1.06. The van der Waals surface area contributed by atoms with Crippen molar-refractivity contribution in [2.75, 3.05) is 19.7 Å². The molecule has 9 nitrogen and oxygen atoms in total. The van der Waals surface area contributed by atoms with Crippen molar-refractivity contribution in [1.29, 1.82) is 0 Å². The van der Waals surface area contributed by atoms with E-state index in [-0.39, 0.29) is 38.0 Å². The van der Waals surface area contributed by atoms with Crippen LogP contribution in [0.25, 0.3) is 11.1 Å². The topological polar surface area (TPSA) is 134 Å². The van der Waals surface area contributed by atoms with Gasteiger partial charge < -0.3 is 25.8 Å². The van der Waals surface area contributed by atoms with Gasteiger partial charge >= 0.3 is 12.1 Å². The number of alkyl carbamates (subject to hydrolysis) is 1. The smallest absolute Gasteiger partial charge is 0.407 e. The molecule has 3 amide bonds. The first-order chi connectivity index (χ1) is 16.5. The van der Waals surface area contributed by atoms with Crippen LogP contribution in [0.15, 0.2) is 54.6 Å². The van der Waals surface area contributed by atoms with E-state index in [0.29, 0.717) is 5.56 Å².